The number of benzene rings is 1. The van der Waals surface area contributed by atoms with E-state index in [1.807, 2.05) is 32.0 Å². The Morgan fingerprint density at radius 1 is 1.08 bits per heavy atom. The van der Waals surface area contributed by atoms with Gasteiger partial charge in [-0.2, -0.15) is 0 Å². The molecule has 124 valence electrons. The highest BCUT2D eigenvalue weighted by atomic mass is 35.5. The molecule has 0 spiro atoms. The Labute approximate surface area is 148 Å². The predicted octanol–water partition coefficient (Wildman–Crippen LogP) is 4.20. The monoisotopic (exact) mass is 351 g/mol. The zero-order valence-electron chi connectivity index (χ0n) is 13.6. The number of hydrogen-bond donors (Lipinski definition) is 1. The van der Waals surface area contributed by atoms with E-state index in [0.29, 0.717) is 22.0 Å². The van der Waals surface area contributed by atoms with Crippen LogP contribution in [0.5, 0.6) is 0 Å². The van der Waals surface area contributed by atoms with Gasteiger partial charge in [0.1, 0.15) is 12.0 Å². The minimum atomic E-state index is 0.180. The fraction of sp³-hybridized carbons (Fsp3) is 0.111. The summed E-state index contributed by atoms with van der Waals surface area (Å²) in [6.45, 7) is 3.87. The number of aromatic nitrogens is 4. The van der Waals surface area contributed by atoms with Gasteiger partial charge in [0, 0.05) is 22.8 Å². The smallest absolute Gasteiger partial charge is 0.220 e. The number of hydrogen-bond acceptors (Lipinski definition) is 6. The third-order valence-corrected chi connectivity index (χ3v) is 4.26. The Morgan fingerprint density at radius 2 is 1.92 bits per heavy atom. The Bertz CT molecular complexity index is 1110. The summed E-state index contributed by atoms with van der Waals surface area (Å²) in [5.74, 6) is 0.804. The van der Waals surface area contributed by atoms with Crippen LogP contribution in [0.4, 0.5) is 5.95 Å². The molecule has 0 saturated carbocycles. The van der Waals surface area contributed by atoms with Crippen LogP contribution in [0, 0.1) is 13.8 Å². The van der Waals surface area contributed by atoms with Gasteiger partial charge in [0.25, 0.3) is 0 Å². The van der Waals surface area contributed by atoms with Gasteiger partial charge in [0.05, 0.1) is 16.8 Å². The van der Waals surface area contributed by atoms with Gasteiger partial charge < -0.3 is 10.2 Å². The molecule has 7 heteroatoms. The van der Waals surface area contributed by atoms with Crippen LogP contribution in [0.3, 0.4) is 0 Å². The number of halogens is 1. The highest BCUT2D eigenvalue weighted by molar-refractivity contribution is 6.35. The van der Waals surface area contributed by atoms with Gasteiger partial charge in [-0.3, -0.25) is 0 Å². The van der Waals surface area contributed by atoms with Crippen molar-refractivity contribution >= 4 is 28.5 Å². The first kappa shape index (κ1) is 15.5. The summed E-state index contributed by atoms with van der Waals surface area (Å²) in [4.78, 5) is 17.0. The van der Waals surface area contributed by atoms with Crippen molar-refractivity contribution in [2.24, 2.45) is 0 Å². The average Bonchev–Trinajstić information content (AvgIpc) is 3.02. The van der Waals surface area contributed by atoms with E-state index in [4.69, 9.17) is 21.8 Å². The molecule has 0 aliphatic carbocycles. The van der Waals surface area contributed by atoms with Crippen LogP contribution >= 0.6 is 11.6 Å². The third-order valence-electron chi connectivity index (χ3n) is 3.97. The molecule has 0 unspecified atom stereocenters. The molecule has 0 amide bonds. The van der Waals surface area contributed by atoms with Gasteiger partial charge in [-0.1, -0.05) is 11.6 Å². The summed E-state index contributed by atoms with van der Waals surface area (Å²) in [7, 11) is 0. The van der Waals surface area contributed by atoms with Crippen molar-refractivity contribution in [1.82, 2.24) is 19.9 Å². The van der Waals surface area contributed by atoms with Crippen LogP contribution in [0.1, 0.15) is 11.3 Å². The average molecular weight is 352 g/mol. The lowest BCUT2D eigenvalue weighted by molar-refractivity contribution is 0.578. The quantitative estimate of drug-likeness (QED) is 0.582. The number of nitrogen functional groups attached to an aromatic ring is 1. The molecule has 0 saturated heterocycles. The summed E-state index contributed by atoms with van der Waals surface area (Å²) in [5, 5.41) is 1.42. The molecule has 6 nitrogen and oxygen atoms in total. The minimum absolute atomic E-state index is 0.180. The van der Waals surface area contributed by atoms with E-state index < -0.39 is 0 Å². The first-order chi connectivity index (χ1) is 12.0. The van der Waals surface area contributed by atoms with Crippen molar-refractivity contribution in [3.05, 3.63) is 53.3 Å². The van der Waals surface area contributed by atoms with E-state index in [9.17, 15) is 0 Å². The molecule has 0 bridgehead atoms. The first-order valence-corrected chi connectivity index (χ1v) is 8.00. The number of rotatable bonds is 2. The van der Waals surface area contributed by atoms with E-state index in [-0.39, 0.29) is 5.95 Å². The lowest BCUT2D eigenvalue weighted by atomic mass is 10.0. The molecule has 4 rings (SSSR count). The lowest BCUT2D eigenvalue weighted by Crippen LogP contribution is -1.98. The largest absolute Gasteiger partial charge is 0.462 e. The second kappa shape index (κ2) is 5.82. The maximum atomic E-state index is 6.44. The van der Waals surface area contributed by atoms with Gasteiger partial charge in [-0.05, 0) is 43.2 Å². The topological polar surface area (TPSA) is 90.7 Å². The van der Waals surface area contributed by atoms with Crippen molar-refractivity contribution in [3.8, 4) is 22.6 Å². The standard InChI is InChI=1S/C18H14ClN5O/c1-9-3-15(25-7-9)17-13(6-21-18(20)24-17)11-4-12-10(2)22-8-23-16(12)14(19)5-11/h3-8H,1-2H3,(H2,20,21,24). The maximum Gasteiger partial charge on any atom is 0.220 e. The van der Waals surface area contributed by atoms with Crippen LogP contribution in [-0.2, 0) is 0 Å². The molecule has 4 aromatic rings. The molecular weight excluding hydrogens is 338 g/mol. The number of aryl methyl sites for hydroxylation is 2. The predicted molar refractivity (Wildman–Crippen MR) is 97.2 cm³/mol. The van der Waals surface area contributed by atoms with Crippen molar-refractivity contribution < 1.29 is 4.42 Å². The molecule has 3 aromatic heterocycles. The van der Waals surface area contributed by atoms with E-state index in [1.54, 1.807) is 12.5 Å². The number of anilines is 1. The van der Waals surface area contributed by atoms with E-state index in [1.165, 1.54) is 6.33 Å². The number of nitrogens with zero attached hydrogens (tertiary/aromatic N) is 4. The van der Waals surface area contributed by atoms with E-state index >= 15 is 0 Å². The number of nitrogens with two attached hydrogens (primary N) is 1. The van der Waals surface area contributed by atoms with Crippen molar-refractivity contribution in [2.75, 3.05) is 5.73 Å². The van der Waals surface area contributed by atoms with E-state index in [0.717, 1.165) is 27.8 Å². The summed E-state index contributed by atoms with van der Waals surface area (Å²) < 4.78 is 5.61. The summed E-state index contributed by atoms with van der Waals surface area (Å²) >= 11 is 6.44. The molecule has 0 aliphatic rings. The van der Waals surface area contributed by atoms with Gasteiger partial charge in [0.2, 0.25) is 5.95 Å². The van der Waals surface area contributed by atoms with E-state index in [2.05, 4.69) is 19.9 Å². The molecule has 2 N–H and O–H groups in total. The Hall–Kier alpha value is -2.99. The fourth-order valence-corrected chi connectivity index (χ4v) is 3.02. The molecular formula is C18H14ClN5O. The number of furan rings is 1. The highest BCUT2D eigenvalue weighted by Crippen LogP contribution is 2.35. The molecule has 0 radical (unpaired) electrons. The Morgan fingerprint density at radius 3 is 2.68 bits per heavy atom. The van der Waals surface area contributed by atoms with Crippen molar-refractivity contribution in [2.45, 2.75) is 13.8 Å². The zero-order valence-corrected chi connectivity index (χ0v) is 14.4. The van der Waals surface area contributed by atoms with Crippen LogP contribution in [-0.4, -0.2) is 19.9 Å². The van der Waals surface area contributed by atoms with Gasteiger partial charge in [0.15, 0.2) is 5.76 Å². The zero-order chi connectivity index (χ0) is 17.6. The Kier molecular flexibility index (Phi) is 3.62. The minimum Gasteiger partial charge on any atom is -0.462 e. The highest BCUT2D eigenvalue weighted by Gasteiger charge is 2.16. The summed E-state index contributed by atoms with van der Waals surface area (Å²) in [5.41, 5.74) is 10.6. The molecule has 0 fully saturated rings. The SMILES string of the molecule is Cc1coc(-c2nc(N)ncc2-c2cc(Cl)c3ncnc(C)c3c2)c1. The van der Waals surface area contributed by atoms with Gasteiger partial charge >= 0.3 is 0 Å². The molecule has 1 aromatic carbocycles. The van der Waals surface area contributed by atoms with Crippen LogP contribution in [0.2, 0.25) is 5.02 Å². The molecule has 0 atom stereocenters. The molecule has 25 heavy (non-hydrogen) atoms. The maximum absolute atomic E-state index is 6.44. The summed E-state index contributed by atoms with van der Waals surface area (Å²) in [6, 6.07) is 5.72. The molecule has 3 heterocycles. The van der Waals surface area contributed by atoms with Crippen LogP contribution in [0.15, 0.2) is 41.4 Å². The van der Waals surface area contributed by atoms with Gasteiger partial charge in [-0.25, -0.2) is 19.9 Å². The van der Waals surface area contributed by atoms with Crippen LogP contribution in [0.25, 0.3) is 33.5 Å². The second-order valence-corrected chi connectivity index (χ2v) is 6.20. The Balaban J connectivity index is 1.99. The number of fused-ring (bicyclic) bond motifs is 1. The molecule has 0 aliphatic heterocycles. The van der Waals surface area contributed by atoms with Crippen molar-refractivity contribution in [1.29, 1.82) is 0 Å². The third kappa shape index (κ3) is 2.70. The van der Waals surface area contributed by atoms with Gasteiger partial charge in [-0.15, -0.1) is 0 Å². The van der Waals surface area contributed by atoms with Crippen LogP contribution < -0.4 is 5.73 Å². The second-order valence-electron chi connectivity index (χ2n) is 5.79. The first-order valence-electron chi connectivity index (χ1n) is 7.62. The summed E-state index contributed by atoms with van der Waals surface area (Å²) in [6.07, 6.45) is 4.85. The lowest BCUT2D eigenvalue weighted by Gasteiger charge is -2.10. The van der Waals surface area contributed by atoms with Crippen molar-refractivity contribution in [3.63, 3.8) is 0 Å². The normalized spacial score (nSPS) is 11.2. The fourth-order valence-electron chi connectivity index (χ4n) is 2.75.